The molecule has 0 amide bonds. The summed E-state index contributed by atoms with van der Waals surface area (Å²) in [4.78, 5) is 0. The molecular weight excluding hydrogens is 285 g/mol. The number of hydrogen-bond acceptors (Lipinski definition) is 3. The Balaban J connectivity index is 3.25. The summed E-state index contributed by atoms with van der Waals surface area (Å²) < 4.78 is 50.0. The van der Waals surface area contributed by atoms with Gasteiger partial charge < -0.3 is 9.05 Å². The lowest BCUT2D eigenvalue weighted by atomic mass is 10.2. The highest BCUT2D eigenvalue weighted by Gasteiger charge is 2.55. The van der Waals surface area contributed by atoms with Crippen LogP contribution in [0.4, 0.5) is 8.78 Å². The van der Waals surface area contributed by atoms with Gasteiger partial charge in [-0.15, -0.1) is 0 Å². The fourth-order valence-electron chi connectivity index (χ4n) is 1.39. The minimum atomic E-state index is -4.59. The maximum Gasteiger partial charge on any atom is 0.404 e. The van der Waals surface area contributed by atoms with E-state index in [0.29, 0.717) is 0 Å². The number of hydrogen-bond donors (Lipinski definition) is 0. The second-order valence-electron chi connectivity index (χ2n) is 3.35. The predicted octanol–water partition coefficient (Wildman–Crippen LogP) is 4.66. The standard InChI is InChI=1S/C11H14ClF2O3P/c1-3-16-18(15,17-4-2)11(13,14)9-7-5-6-8-10(9)12/h5-8H,3-4H2,1-2H3. The van der Waals surface area contributed by atoms with Gasteiger partial charge in [-0.3, -0.25) is 4.57 Å². The average molecular weight is 299 g/mol. The fourth-order valence-corrected chi connectivity index (χ4v) is 3.28. The Hall–Kier alpha value is -0.480. The van der Waals surface area contributed by atoms with Gasteiger partial charge in [0.05, 0.1) is 23.8 Å². The van der Waals surface area contributed by atoms with Crippen LogP contribution >= 0.6 is 19.2 Å². The van der Waals surface area contributed by atoms with Crippen molar-refractivity contribution in [1.29, 1.82) is 0 Å². The molecule has 0 aliphatic rings. The molecule has 0 atom stereocenters. The molecule has 102 valence electrons. The molecule has 1 rings (SSSR count). The van der Waals surface area contributed by atoms with E-state index in [-0.39, 0.29) is 18.2 Å². The van der Waals surface area contributed by atoms with E-state index >= 15 is 0 Å². The van der Waals surface area contributed by atoms with E-state index in [1.807, 2.05) is 0 Å². The van der Waals surface area contributed by atoms with Gasteiger partial charge in [-0.1, -0.05) is 29.8 Å². The van der Waals surface area contributed by atoms with E-state index in [1.165, 1.54) is 32.0 Å². The Kier molecular flexibility index (Phi) is 5.29. The van der Waals surface area contributed by atoms with Gasteiger partial charge in [0.15, 0.2) is 0 Å². The van der Waals surface area contributed by atoms with Crippen molar-refractivity contribution in [2.45, 2.75) is 19.5 Å². The molecule has 0 heterocycles. The molecule has 3 nitrogen and oxygen atoms in total. The third-order valence-electron chi connectivity index (χ3n) is 2.14. The molecule has 0 aromatic heterocycles. The van der Waals surface area contributed by atoms with Crippen LogP contribution < -0.4 is 0 Å². The van der Waals surface area contributed by atoms with E-state index in [0.717, 1.165) is 6.07 Å². The zero-order chi connectivity index (χ0) is 13.8. The monoisotopic (exact) mass is 298 g/mol. The van der Waals surface area contributed by atoms with Crippen molar-refractivity contribution in [1.82, 2.24) is 0 Å². The fraction of sp³-hybridized carbons (Fsp3) is 0.455. The largest absolute Gasteiger partial charge is 0.404 e. The summed E-state index contributed by atoms with van der Waals surface area (Å²) in [7, 11) is -4.59. The Bertz CT molecular complexity index is 444. The zero-order valence-electron chi connectivity index (χ0n) is 10.0. The Morgan fingerprint density at radius 1 is 1.22 bits per heavy atom. The molecule has 0 saturated heterocycles. The lowest BCUT2D eigenvalue weighted by molar-refractivity contribution is 0.0361. The molecule has 0 radical (unpaired) electrons. The van der Waals surface area contributed by atoms with E-state index in [2.05, 4.69) is 9.05 Å². The van der Waals surface area contributed by atoms with Crippen molar-refractivity contribution >= 4 is 19.2 Å². The predicted molar refractivity (Wildman–Crippen MR) is 66.2 cm³/mol. The minimum absolute atomic E-state index is 0.142. The Morgan fingerprint density at radius 2 is 1.72 bits per heavy atom. The first kappa shape index (κ1) is 15.6. The smallest absolute Gasteiger partial charge is 0.304 e. The van der Waals surface area contributed by atoms with Crippen LogP contribution in [0.2, 0.25) is 5.02 Å². The second kappa shape index (κ2) is 6.11. The summed E-state index contributed by atoms with van der Waals surface area (Å²) in [5.74, 6) is 0. The van der Waals surface area contributed by atoms with Crippen LogP contribution in [0.15, 0.2) is 24.3 Å². The summed E-state index contributed by atoms with van der Waals surface area (Å²) in [6, 6.07) is 5.30. The van der Waals surface area contributed by atoms with Gasteiger partial charge in [0, 0.05) is 0 Å². The summed E-state index contributed by atoms with van der Waals surface area (Å²) in [6.45, 7) is 2.65. The van der Waals surface area contributed by atoms with E-state index in [9.17, 15) is 13.3 Å². The van der Waals surface area contributed by atoms with Gasteiger partial charge in [-0.2, -0.15) is 8.78 Å². The molecule has 0 aliphatic carbocycles. The van der Waals surface area contributed by atoms with Gasteiger partial charge in [-0.05, 0) is 19.9 Å². The van der Waals surface area contributed by atoms with Crippen molar-refractivity contribution in [3.63, 3.8) is 0 Å². The van der Waals surface area contributed by atoms with Gasteiger partial charge in [0.25, 0.3) is 0 Å². The highest BCUT2D eigenvalue weighted by Crippen LogP contribution is 2.67. The molecule has 1 aromatic carbocycles. The van der Waals surface area contributed by atoms with Crippen LogP contribution in [0.1, 0.15) is 19.4 Å². The van der Waals surface area contributed by atoms with Crippen molar-refractivity contribution < 1.29 is 22.4 Å². The number of benzene rings is 1. The van der Waals surface area contributed by atoms with Crippen LogP contribution in [0.25, 0.3) is 0 Å². The van der Waals surface area contributed by atoms with Crippen LogP contribution in [0.5, 0.6) is 0 Å². The summed E-state index contributed by atoms with van der Waals surface area (Å²) >= 11 is 5.70. The first-order valence-corrected chi connectivity index (χ1v) is 7.33. The van der Waals surface area contributed by atoms with Gasteiger partial charge >= 0.3 is 13.3 Å². The molecule has 0 saturated carbocycles. The van der Waals surface area contributed by atoms with E-state index in [4.69, 9.17) is 11.6 Å². The van der Waals surface area contributed by atoms with Crippen molar-refractivity contribution in [2.75, 3.05) is 13.2 Å². The molecule has 0 spiro atoms. The maximum absolute atomic E-state index is 14.2. The van der Waals surface area contributed by atoms with Crippen molar-refractivity contribution in [2.24, 2.45) is 0 Å². The van der Waals surface area contributed by atoms with Crippen LogP contribution in [-0.2, 0) is 19.3 Å². The summed E-state index contributed by atoms with van der Waals surface area (Å²) in [5, 5.41) is -0.179. The zero-order valence-corrected chi connectivity index (χ0v) is 11.7. The molecule has 0 bridgehead atoms. The Labute approximate surface area is 110 Å². The maximum atomic E-state index is 14.2. The van der Waals surface area contributed by atoms with Crippen LogP contribution in [0.3, 0.4) is 0 Å². The highest BCUT2D eigenvalue weighted by molar-refractivity contribution is 7.54. The molecule has 0 aliphatic heterocycles. The topological polar surface area (TPSA) is 35.5 Å². The Morgan fingerprint density at radius 3 is 2.17 bits per heavy atom. The SMILES string of the molecule is CCOP(=O)(OCC)C(F)(F)c1ccccc1Cl. The first-order chi connectivity index (χ1) is 8.39. The molecule has 0 unspecified atom stereocenters. The van der Waals surface area contributed by atoms with Gasteiger partial charge in [0.1, 0.15) is 0 Å². The lowest BCUT2D eigenvalue weighted by Gasteiger charge is -2.26. The average Bonchev–Trinajstić information content (AvgIpc) is 2.29. The molecule has 7 heteroatoms. The molecule has 0 fully saturated rings. The minimum Gasteiger partial charge on any atom is -0.304 e. The number of rotatable bonds is 6. The molecule has 18 heavy (non-hydrogen) atoms. The van der Waals surface area contributed by atoms with Crippen molar-refractivity contribution in [3.05, 3.63) is 34.9 Å². The normalized spacial score (nSPS) is 12.7. The van der Waals surface area contributed by atoms with Crippen LogP contribution in [-0.4, -0.2) is 13.2 Å². The van der Waals surface area contributed by atoms with E-state index in [1.54, 1.807) is 0 Å². The molecule has 1 aromatic rings. The summed E-state index contributed by atoms with van der Waals surface area (Å²) in [5.41, 5.74) is -4.34. The second-order valence-corrected chi connectivity index (χ2v) is 5.83. The molecule has 0 N–H and O–H groups in total. The van der Waals surface area contributed by atoms with Crippen molar-refractivity contribution in [3.8, 4) is 0 Å². The highest BCUT2D eigenvalue weighted by atomic mass is 35.5. The third-order valence-corrected chi connectivity index (χ3v) is 4.59. The quantitative estimate of drug-likeness (QED) is 0.717. The lowest BCUT2D eigenvalue weighted by Crippen LogP contribution is -2.18. The number of alkyl halides is 2. The van der Waals surface area contributed by atoms with Crippen LogP contribution in [0, 0.1) is 0 Å². The first-order valence-electron chi connectivity index (χ1n) is 5.41. The number of halogens is 3. The van der Waals surface area contributed by atoms with E-state index < -0.39 is 18.8 Å². The van der Waals surface area contributed by atoms with Gasteiger partial charge in [0.2, 0.25) is 0 Å². The summed E-state index contributed by atoms with van der Waals surface area (Å²) in [6.07, 6.45) is 0. The van der Waals surface area contributed by atoms with Gasteiger partial charge in [-0.25, -0.2) is 0 Å². The molecular formula is C11H14ClF2O3P. The third kappa shape index (κ3) is 2.91.